The summed E-state index contributed by atoms with van der Waals surface area (Å²) in [6.45, 7) is 9.17. The maximum Gasteiger partial charge on any atom is 0.0541 e. The molecule has 400 valence electrons. The molecule has 14 aromatic rings. The Balaban J connectivity index is 0.000000124. The summed E-state index contributed by atoms with van der Waals surface area (Å²) in [5.41, 5.74) is 32.1. The van der Waals surface area contributed by atoms with Gasteiger partial charge in [-0.2, -0.15) is 0 Å². The molecule has 16 rings (SSSR count). The fraction of sp³-hybridized carbons (Fsp3) is 0.0769. The van der Waals surface area contributed by atoms with E-state index in [-0.39, 0.29) is 10.8 Å². The van der Waals surface area contributed by atoms with E-state index in [9.17, 15) is 0 Å². The van der Waals surface area contributed by atoms with Crippen molar-refractivity contribution in [1.29, 1.82) is 0 Å². The molecule has 0 spiro atoms. The van der Waals surface area contributed by atoms with Gasteiger partial charge in [-0.05, 0) is 176 Å². The molecule has 12 aromatic carbocycles. The summed E-state index contributed by atoms with van der Waals surface area (Å²) in [5, 5.41) is 8.75. The van der Waals surface area contributed by atoms with Crippen LogP contribution < -0.4 is 11.1 Å². The van der Waals surface area contributed by atoms with Gasteiger partial charge in [-0.1, -0.05) is 213 Å². The molecule has 2 aromatic heterocycles. The van der Waals surface area contributed by atoms with Crippen LogP contribution in [0.15, 0.2) is 284 Å². The van der Waals surface area contributed by atoms with E-state index in [0.717, 1.165) is 21.5 Å². The van der Waals surface area contributed by atoms with Crippen molar-refractivity contribution in [2.24, 2.45) is 0 Å². The number of nitrogen functional groups attached to an aromatic ring is 1. The van der Waals surface area contributed by atoms with Gasteiger partial charge in [0.1, 0.15) is 0 Å². The second-order valence-corrected chi connectivity index (χ2v) is 23.9. The van der Waals surface area contributed by atoms with Crippen LogP contribution in [-0.4, -0.2) is 9.13 Å². The fourth-order valence-electron chi connectivity index (χ4n) is 13.1. The summed E-state index contributed by atoms with van der Waals surface area (Å²) in [6, 6.07) is 99.8. The number of benzene rings is 12. The van der Waals surface area contributed by atoms with E-state index in [4.69, 9.17) is 5.73 Å². The number of hydrogen-bond donors (Lipinski definition) is 2. The van der Waals surface area contributed by atoms with Crippen LogP contribution in [0.4, 0.5) is 17.1 Å². The highest BCUT2D eigenvalue weighted by Crippen LogP contribution is 2.51. The Labute approximate surface area is 493 Å². The highest BCUT2D eigenvalue weighted by molar-refractivity contribution is 9.10. The summed E-state index contributed by atoms with van der Waals surface area (Å²) >= 11 is 3.52. The molecular weight excluding hydrogens is 1070 g/mol. The fourth-order valence-corrected chi connectivity index (χ4v) is 13.3. The Bertz CT molecular complexity index is 4760. The number of hydrogen-bond acceptors (Lipinski definition) is 2. The van der Waals surface area contributed by atoms with Crippen molar-refractivity contribution in [2.75, 3.05) is 11.1 Å². The molecule has 0 unspecified atom stereocenters. The number of aromatic nitrogens is 2. The van der Waals surface area contributed by atoms with Crippen LogP contribution in [0.3, 0.4) is 0 Å². The first kappa shape index (κ1) is 51.5. The Morgan fingerprint density at radius 1 is 0.313 bits per heavy atom. The highest BCUT2D eigenvalue weighted by atomic mass is 79.9. The van der Waals surface area contributed by atoms with E-state index in [1.165, 1.54) is 122 Å². The molecule has 3 N–H and O–H groups in total. The van der Waals surface area contributed by atoms with Crippen LogP contribution in [0.1, 0.15) is 49.9 Å². The van der Waals surface area contributed by atoms with E-state index < -0.39 is 0 Å². The maximum absolute atomic E-state index is 5.89. The molecule has 2 aliphatic rings. The topological polar surface area (TPSA) is 47.9 Å². The molecule has 2 heterocycles. The second kappa shape index (κ2) is 20.7. The van der Waals surface area contributed by atoms with Gasteiger partial charge in [0, 0.05) is 65.3 Å². The van der Waals surface area contributed by atoms with Gasteiger partial charge in [0.2, 0.25) is 0 Å². The molecule has 2 aliphatic carbocycles. The van der Waals surface area contributed by atoms with Crippen molar-refractivity contribution < 1.29 is 0 Å². The maximum atomic E-state index is 5.89. The number of rotatable bonds is 6. The molecule has 0 amide bonds. The minimum absolute atomic E-state index is 0.00421. The van der Waals surface area contributed by atoms with Gasteiger partial charge in [-0.15, -0.1) is 0 Å². The first-order valence-electron chi connectivity index (χ1n) is 28.5. The Kier molecular flexibility index (Phi) is 12.8. The zero-order valence-electron chi connectivity index (χ0n) is 46.9. The van der Waals surface area contributed by atoms with Crippen molar-refractivity contribution in [3.63, 3.8) is 0 Å². The largest absolute Gasteiger partial charge is 0.399 e. The lowest BCUT2D eigenvalue weighted by molar-refractivity contribution is 0.660. The number of para-hydroxylation sites is 4. The lowest BCUT2D eigenvalue weighted by Crippen LogP contribution is -2.15. The van der Waals surface area contributed by atoms with Gasteiger partial charge < -0.3 is 20.2 Å². The Morgan fingerprint density at radius 2 is 0.699 bits per heavy atom. The van der Waals surface area contributed by atoms with Gasteiger partial charge in [-0.25, -0.2) is 0 Å². The molecule has 0 bridgehead atoms. The monoisotopic (exact) mass is 1130 g/mol. The predicted octanol–water partition coefficient (Wildman–Crippen LogP) is 21.3. The minimum Gasteiger partial charge on any atom is -0.399 e. The zero-order valence-corrected chi connectivity index (χ0v) is 48.5. The van der Waals surface area contributed by atoms with Crippen molar-refractivity contribution in [2.45, 2.75) is 38.5 Å². The average molecular weight is 1130 g/mol. The average Bonchev–Trinajstić information content (AvgIpc) is 3.26. The van der Waals surface area contributed by atoms with E-state index in [1.807, 2.05) is 6.07 Å². The molecular formula is C78H61BrN4. The predicted molar refractivity (Wildman–Crippen MR) is 356 cm³/mol. The van der Waals surface area contributed by atoms with E-state index in [0.29, 0.717) is 0 Å². The van der Waals surface area contributed by atoms with Crippen molar-refractivity contribution in [3.8, 4) is 55.9 Å². The molecule has 0 saturated heterocycles. The first-order chi connectivity index (χ1) is 40.5. The summed E-state index contributed by atoms with van der Waals surface area (Å²) < 4.78 is 5.80. The van der Waals surface area contributed by atoms with Crippen molar-refractivity contribution in [3.05, 3.63) is 306 Å². The van der Waals surface area contributed by atoms with Gasteiger partial charge in [0.15, 0.2) is 0 Å². The number of nitrogens with one attached hydrogen (secondary N) is 1. The third-order valence-corrected chi connectivity index (χ3v) is 17.8. The molecule has 0 radical (unpaired) electrons. The van der Waals surface area contributed by atoms with Crippen LogP contribution in [0, 0.1) is 0 Å². The quantitative estimate of drug-likeness (QED) is 0.163. The third kappa shape index (κ3) is 9.09. The standard InChI is InChI=1S/C39H30N2.C24H16BrN.C15H15N/c1-39(2)35-14-8-6-12-31(35)32-22-21-29(25-36(32)39)40-28-19-16-26(17-20-28)27-18-23-38-34(24-27)33-13-7-9-15-37(33)41(38)30-10-4-3-5-11-30;25-19-13-10-17(11-14-19)18-12-15-24-22(16-18)21-8-4-5-9-23(21)26(24)20-6-2-1-3-7-20;1-15(2)13-6-4-3-5-11(13)12-8-7-10(16)9-14(12)15/h3-25,40H,1-2H3;1-16H;3-9H,16H2,1-2H3. The van der Waals surface area contributed by atoms with E-state index in [1.54, 1.807) is 0 Å². The van der Waals surface area contributed by atoms with Crippen LogP contribution in [-0.2, 0) is 10.8 Å². The minimum atomic E-state index is -0.00421. The second-order valence-electron chi connectivity index (χ2n) is 23.0. The SMILES string of the molecule is Brc1ccc(-c2ccc3c(c2)c2ccccc2n3-c2ccccc2)cc1.CC1(C)c2ccccc2-c2ccc(N)cc21.CC1(C)c2ccccc2-c2ccc(Nc3ccc(-c4ccc5c(c4)c4ccccc4n5-c4ccccc4)cc3)cc21. The summed E-state index contributed by atoms with van der Waals surface area (Å²) in [6.07, 6.45) is 0. The van der Waals surface area contributed by atoms with Gasteiger partial charge >= 0.3 is 0 Å². The summed E-state index contributed by atoms with van der Waals surface area (Å²) in [5.74, 6) is 0. The molecule has 5 heteroatoms. The lowest BCUT2D eigenvalue weighted by Gasteiger charge is -2.22. The van der Waals surface area contributed by atoms with Crippen LogP contribution in [0.5, 0.6) is 0 Å². The van der Waals surface area contributed by atoms with Gasteiger partial charge in [0.05, 0.1) is 22.1 Å². The number of anilines is 3. The van der Waals surface area contributed by atoms with E-state index in [2.05, 4.69) is 331 Å². The molecule has 0 saturated carbocycles. The van der Waals surface area contributed by atoms with Crippen LogP contribution >= 0.6 is 15.9 Å². The summed E-state index contributed by atoms with van der Waals surface area (Å²) in [7, 11) is 0. The van der Waals surface area contributed by atoms with E-state index >= 15 is 0 Å². The van der Waals surface area contributed by atoms with Crippen LogP contribution in [0.2, 0.25) is 0 Å². The van der Waals surface area contributed by atoms with Gasteiger partial charge in [0.25, 0.3) is 0 Å². The first-order valence-corrected chi connectivity index (χ1v) is 29.3. The molecule has 4 nitrogen and oxygen atoms in total. The Hall–Kier alpha value is -9.68. The lowest BCUT2D eigenvalue weighted by atomic mass is 9.82. The van der Waals surface area contributed by atoms with Gasteiger partial charge in [-0.3, -0.25) is 0 Å². The smallest absolute Gasteiger partial charge is 0.0541 e. The zero-order chi connectivity index (χ0) is 56.4. The number of nitrogens with zero attached hydrogens (tertiary/aromatic N) is 2. The molecule has 0 fully saturated rings. The summed E-state index contributed by atoms with van der Waals surface area (Å²) in [4.78, 5) is 0. The molecule has 0 aliphatic heterocycles. The number of halogens is 1. The molecule has 0 atom stereocenters. The normalized spacial score (nSPS) is 13.1. The van der Waals surface area contributed by atoms with Crippen molar-refractivity contribution in [1.82, 2.24) is 9.13 Å². The third-order valence-electron chi connectivity index (χ3n) is 17.2. The Morgan fingerprint density at radius 3 is 1.22 bits per heavy atom. The number of fused-ring (bicyclic) bond motifs is 12. The highest BCUT2D eigenvalue weighted by Gasteiger charge is 2.36. The van der Waals surface area contributed by atoms with Crippen molar-refractivity contribution >= 4 is 76.6 Å². The molecule has 83 heavy (non-hydrogen) atoms. The number of nitrogens with two attached hydrogens (primary N) is 1. The van der Waals surface area contributed by atoms with Crippen LogP contribution in [0.25, 0.3) is 99.5 Å².